The Morgan fingerprint density at radius 2 is 1.97 bits per heavy atom. The van der Waals surface area contributed by atoms with Gasteiger partial charge in [0.15, 0.2) is 0 Å². The summed E-state index contributed by atoms with van der Waals surface area (Å²) in [5.74, 6) is 0.0346. The van der Waals surface area contributed by atoms with Crippen molar-refractivity contribution in [1.82, 2.24) is 15.3 Å². The van der Waals surface area contributed by atoms with Crippen LogP contribution in [0.25, 0.3) is 11.0 Å². The van der Waals surface area contributed by atoms with Crippen molar-refractivity contribution in [1.29, 1.82) is 0 Å². The van der Waals surface area contributed by atoms with Crippen molar-refractivity contribution >= 4 is 23.0 Å². The van der Waals surface area contributed by atoms with Crippen LogP contribution in [0, 0.1) is 0 Å². The number of esters is 1. The number of halogens is 3. The smallest absolute Gasteiger partial charge is 0.416 e. The Hall–Kier alpha value is -3.07. The molecule has 0 spiro atoms. The summed E-state index contributed by atoms with van der Waals surface area (Å²) in [5, 5.41) is 6.22. The number of rotatable bonds is 8. The number of nitrogens with zero attached hydrogens (tertiary/aromatic N) is 1. The molecule has 3 rings (SSSR count). The number of carbonyl (C=O) groups is 1. The zero-order valence-electron chi connectivity index (χ0n) is 16.6. The van der Waals surface area contributed by atoms with Crippen molar-refractivity contribution < 1.29 is 22.7 Å². The number of methoxy groups -OCH3 is 1. The number of imidazole rings is 1. The third-order valence-corrected chi connectivity index (χ3v) is 4.89. The molecule has 2 aromatic carbocycles. The molecule has 1 heterocycles. The third-order valence-electron chi connectivity index (χ3n) is 4.89. The predicted octanol–water partition coefficient (Wildman–Crippen LogP) is 4.28. The number of carbonyl (C=O) groups excluding carboxylic acids is 1. The summed E-state index contributed by atoms with van der Waals surface area (Å²) in [6.45, 7) is 0. The number of ether oxygens (including phenoxy) is 1. The SMILES string of the molecule is CNC(CC(=O)OC)CC(Nc1nc2ccccc2[nH]1)c1cccc(C(F)(F)F)c1. The molecule has 0 aliphatic heterocycles. The molecule has 30 heavy (non-hydrogen) atoms. The van der Waals surface area contributed by atoms with Crippen LogP contribution in [0.4, 0.5) is 19.1 Å². The normalized spacial score (nSPS) is 13.8. The summed E-state index contributed by atoms with van der Waals surface area (Å²) in [6, 6.07) is 11.7. The molecule has 3 aromatic rings. The predicted molar refractivity (Wildman–Crippen MR) is 108 cm³/mol. The van der Waals surface area contributed by atoms with Gasteiger partial charge in [0.05, 0.1) is 36.2 Å². The molecule has 0 fully saturated rings. The number of para-hydroxylation sites is 2. The minimum absolute atomic E-state index is 0.0876. The Morgan fingerprint density at radius 1 is 1.20 bits per heavy atom. The number of fused-ring (bicyclic) bond motifs is 1. The van der Waals surface area contributed by atoms with Crippen LogP contribution in [0.5, 0.6) is 0 Å². The minimum Gasteiger partial charge on any atom is -0.469 e. The monoisotopic (exact) mass is 420 g/mol. The van der Waals surface area contributed by atoms with Gasteiger partial charge >= 0.3 is 12.1 Å². The largest absolute Gasteiger partial charge is 0.469 e. The van der Waals surface area contributed by atoms with E-state index in [9.17, 15) is 18.0 Å². The van der Waals surface area contributed by atoms with Crippen LogP contribution < -0.4 is 10.6 Å². The zero-order valence-corrected chi connectivity index (χ0v) is 16.6. The van der Waals surface area contributed by atoms with Crippen molar-refractivity contribution in [2.24, 2.45) is 0 Å². The first-order chi connectivity index (χ1) is 14.3. The number of aromatic amines is 1. The van der Waals surface area contributed by atoms with Crippen molar-refractivity contribution in [3.8, 4) is 0 Å². The van der Waals surface area contributed by atoms with Crippen molar-refractivity contribution in [3.05, 3.63) is 59.7 Å². The highest BCUT2D eigenvalue weighted by Crippen LogP contribution is 2.33. The molecule has 0 aliphatic rings. The molecule has 1 aromatic heterocycles. The molecule has 0 saturated heterocycles. The number of hydrogen-bond donors (Lipinski definition) is 3. The Morgan fingerprint density at radius 3 is 2.63 bits per heavy atom. The van der Waals surface area contributed by atoms with E-state index in [1.807, 2.05) is 24.3 Å². The van der Waals surface area contributed by atoms with E-state index in [-0.39, 0.29) is 12.5 Å². The average molecular weight is 420 g/mol. The third kappa shape index (κ3) is 5.29. The number of benzene rings is 2. The molecule has 0 bridgehead atoms. The van der Waals surface area contributed by atoms with Crippen LogP contribution >= 0.6 is 0 Å². The van der Waals surface area contributed by atoms with E-state index in [0.29, 0.717) is 17.9 Å². The maximum Gasteiger partial charge on any atom is 0.416 e. The van der Waals surface area contributed by atoms with Crippen molar-refractivity contribution in [3.63, 3.8) is 0 Å². The second kappa shape index (κ2) is 9.17. The first-order valence-corrected chi connectivity index (χ1v) is 9.42. The van der Waals surface area contributed by atoms with E-state index in [4.69, 9.17) is 4.74 Å². The summed E-state index contributed by atoms with van der Waals surface area (Å²) in [6.07, 6.45) is -4.03. The maximum absolute atomic E-state index is 13.2. The fraction of sp³-hybridized carbons (Fsp3) is 0.333. The van der Waals surface area contributed by atoms with Gasteiger partial charge in [-0.05, 0) is 43.3 Å². The van der Waals surface area contributed by atoms with Gasteiger partial charge < -0.3 is 20.4 Å². The van der Waals surface area contributed by atoms with Crippen molar-refractivity contribution in [2.45, 2.75) is 31.1 Å². The van der Waals surface area contributed by atoms with Gasteiger partial charge in [-0.2, -0.15) is 13.2 Å². The second-order valence-corrected chi connectivity index (χ2v) is 6.92. The van der Waals surface area contributed by atoms with Crippen LogP contribution in [-0.2, 0) is 15.7 Å². The molecule has 0 radical (unpaired) electrons. The molecular weight excluding hydrogens is 397 g/mol. The Labute approximate surface area is 171 Å². The fourth-order valence-corrected chi connectivity index (χ4v) is 3.27. The first-order valence-electron chi connectivity index (χ1n) is 9.42. The molecule has 9 heteroatoms. The van der Waals surface area contributed by atoms with Gasteiger partial charge in [-0.25, -0.2) is 4.98 Å². The van der Waals surface area contributed by atoms with Crippen LogP contribution in [0.15, 0.2) is 48.5 Å². The average Bonchev–Trinajstić information content (AvgIpc) is 3.14. The van der Waals surface area contributed by atoms with Gasteiger partial charge in [0.25, 0.3) is 0 Å². The molecule has 2 unspecified atom stereocenters. The van der Waals surface area contributed by atoms with E-state index >= 15 is 0 Å². The fourth-order valence-electron chi connectivity index (χ4n) is 3.27. The lowest BCUT2D eigenvalue weighted by Crippen LogP contribution is -2.32. The van der Waals surface area contributed by atoms with Crippen LogP contribution in [0.3, 0.4) is 0 Å². The number of aromatic nitrogens is 2. The van der Waals surface area contributed by atoms with Gasteiger partial charge in [-0.3, -0.25) is 4.79 Å². The van der Waals surface area contributed by atoms with Gasteiger partial charge in [0.1, 0.15) is 0 Å². The van der Waals surface area contributed by atoms with E-state index in [2.05, 4.69) is 20.6 Å². The number of hydrogen-bond acceptors (Lipinski definition) is 5. The molecule has 0 amide bonds. The highest BCUT2D eigenvalue weighted by molar-refractivity contribution is 5.77. The number of nitrogens with one attached hydrogen (secondary N) is 3. The van der Waals surface area contributed by atoms with Crippen LogP contribution in [0.1, 0.15) is 30.0 Å². The quantitative estimate of drug-likeness (QED) is 0.474. The highest BCUT2D eigenvalue weighted by atomic mass is 19.4. The molecular formula is C21H23F3N4O2. The summed E-state index contributed by atoms with van der Waals surface area (Å²) < 4.78 is 44.4. The van der Waals surface area contributed by atoms with Gasteiger partial charge in [0.2, 0.25) is 5.95 Å². The summed E-state index contributed by atoms with van der Waals surface area (Å²) in [7, 11) is 2.99. The lowest BCUT2D eigenvalue weighted by Gasteiger charge is -2.24. The van der Waals surface area contributed by atoms with E-state index in [1.54, 1.807) is 13.1 Å². The highest BCUT2D eigenvalue weighted by Gasteiger charge is 2.31. The van der Waals surface area contributed by atoms with Crippen LogP contribution in [0.2, 0.25) is 0 Å². The van der Waals surface area contributed by atoms with Gasteiger partial charge in [-0.15, -0.1) is 0 Å². The topological polar surface area (TPSA) is 79.0 Å². The molecule has 2 atom stereocenters. The number of alkyl halides is 3. The summed E-state index contributed by atoms with van der Waals surface area (Å²) in [4.78, 5) is 19.3. The summed E-state index contributed by atoms with van der Waals surface area (Å²) in [5.41, 5.74) is 1.26. The molecule has 3 N–H and O–H groups in total. The standard InChI is InChI=1S/C21H23F3N4O2/c1-25-15(12-19(29)30-2)11-18(13-6-5-7-14(10-13)21(22,23)24)28-20-26-16-8-3-4-9-17(16)27-20/h3-10,15,18,25H,11-12H2,1-2H3,(H2,26,27,28). The van der Waals surface area contributed by atoms with Gasteiger partial charge in [-0.1, -0.05) is 24.3 Å². The Balaban J connectivity index is 1.92. The number of anilines is 1. The molecule has 0 saturated carbocycles. The van der Waals surface area contributed by atoms with Crippen molar-refractivity contribution in [2.75, 3.05) is 19.5 Å². The lowest BCUT2D eigenvalue weighted by atomic mass is 9.96. The minimum atomic E-state index is -4.45. The second-order valence-electron chi connectivity index (χ2n) is 6.92. The van der Waals surface area contributed by atoms with Gasteiger partial charge in [0, 0.05) is 6.04 Å². The number of H-pyrrole nitrogens is 1. The zero-order chi connectivity index (χ0) is 21.7. The molecule has 160 valence electrons. The maximum atomic E-state index is 13.2. The Bertz CT molecular complexity index is 970. The van der Waals surface area contributed by atoms with Crippen LogP contribution in [-0.4, -0.2) is 36.1 Å². The molecule has 0 aliphatic carbocycles. The Kier molecular flexibility index (Phi) is 6.61. The first kappa shape index (κ1) is 21.6. The van der Waals surface area contributed by atoms with E-state index in [1.165, 1.54) is 13.2 Å². The lowest BCUT2D eigenvalue weighted by molar-refractivity contribution is -0.141. The van der Waals surface area contributed by atoms with E-state index < -0.39 is 23.8 Å². The van der Waals surface area contributed by atoms with E-state index in [0.717, 1.165) is 23.2 Å². The summed E-state index contributed by atoms with van der Waals surface area (Å²) >= 11 is 0. The molecule has 6 nitrogen and oxygen atoms in total.